The molecule has 2 aliphatic rings. The van der Waals surface area contributed by atoms with Gasteiger partial charge in [0.2, 0.25) is 5.95 Å². The molecule has 0 saturated carbocycles. The number of nitrogens with one attached hydrogen (secondary N) is 1. The summed E-state index contributed by atoms with van der Waals surface area (Å²) in [6, 6.07) is 8.30. The Balaban J connectivity index is 1.53. The highest BCUT2D eigenvalue weighted by molar-refractivity contribution is 5.98. The highest BCUT2D eigenvalue weighted by Gasteiger charge is 2.28. The predicted molar refractivity (Wildman–Crippen MR) is 96.1 cm³/mol. The number of fused-ring (bicyclic) bond motifs is 1. The Hall–Kier alpha value is -2.27. The van der Waals surface area contributed by atoms with E-state index in [4.69, 9.17) is 4.74 Å². The van der Waals surface area contributed by atoms with Crippen LogP contribution in [0.15, 0.2) is 30.5 Å². The van der Waals surface area contributed by atoms with E-state index in [1.54, 1.807) is 6.20 Å². The summed E-state index contributed by atoms with van der Waals surface area (Å²) in [5.74, 6) is 0.926. The molecule has 2 heterocycles. The average molecular weight is 337 g/mol. The van der Waals surface area contributed by atoms with Crippen molar-refractivity contribution in [1.29, 1.82) is 0 Å². The van der Waals surface area contributed by atoms with Crippen LogP contribution in [0.3, 0.4) is 0 Å². The normalized spacial score (nSPS) is 22.7. The van der Waals surface area contributed by atoms with Crippen LogP contribution in [0, 0.1) is 6.92 Å². The van der Waals surface area contributed by atoms with E-state index in [0.717, 1.165) is 31.6 Å². The molecule has 0 radical (unpaired) electrons. The largest absolute Gasteiger partial charge is 0.376 e. The summed E-state index contributed by atoms with van der Waals surface area (Å²) < 4.78 is 5.62. The number of carbonyl (C=O) groups excluding carboxylic acids is 1. The van der Waals surface area contributed by atoms with Gasteiger partial charge < -0.3 is 10.1 Å². The second-order valence-electron chi connectivity index (χ2n) is 6.95. The Morgan fingerprint density at radius 3 is 2.96 bits per heavy atom. The molecular weight excluding hydrogens is 314 g/mol. The number of aromatic nitrogens is 2. The van der Waals surface area contributed by atoms with E-state index in [0.29, 0.717) is 24.5 Å². The molecule has 5 nitrogen and oxygen atoms in total. The van der Waals surface area contributed by atoms with Gasteiger partial charge in [0.1, 0.15) is 0 Å². The van der Waals surface area contributed by atoms with Crippen LogP contribution in [0.1, 0.15) is 52.4 Å². The van der Waals surface area contributed by atoms with Gasteiger partial charge in [-0.3, -0.25) is 4.79 Å². The molecule has 2 aromatic rings. The van der Waals surface area contributed by atoms with Gasteiger partial charge in [-0.05, 0) is 43.2 Å². The second kappa shape index (κ2) is 6.92. The SMILES string of the molecule is Cc1ccccc1[C@@H]1CC(=O)c2cnc(NC[C@H]3CCCO3)nc2C1. The monoisotopic (exact) mass is 337 g/mol. The number of ether oxygens (including phenoxy) is 1. The van der Waals surface area contributed by atoms with Gasteiger partial charge in [-0.25, -0.2) is 9.97 Å². The molecule has 1 aromatic carbocycles. The van der Waals surface area contributed by atoms with E-state index < -0.39 is 0 Å². The van der Waals surface area contributed by atoms with Gasteiger partial charge in [0.25, 0.3) is 0 Å². The number of benzene rings is 1. The van der Waals surface area contributed by atoms with E-state index in [1.807, 2.05) is 12.1 Å². The minimum atomic E-state index is 0.139. The minimum absolute atomic E-state index is 0.139. The fourth-order valence-corrected chi connectivity index (χ4v) is 3.81. The summed E-state index contributed by atoms with van der Waals surface area (Å²) in [5.41, 5.74) is 4.00. The first-order valence-corrected chi connectivity index (χ1v) is 9.01. The minimum Gasteiger partial charge on any atom is -0.376 e. The van der Waals surface area contributed by atoms with Gasteiger partial charge >= 0.3 is 0 Å². The molecule has 0 bridgehead atoms. The molecule has 5 heteroatoms. The first-order chi connectivity index (χ1) is 12.2. The lowest BCUT2D eigenvalue weighted by Crippen LogP contribution is -2.23. The number of anilines is 1. The summed E-state index contributed by atoms with van der Waals surface area (Å²) in [6.45, 7) is 3.65. The molecular formula is C20H23N3O2. The van der Waals surface area contributed by atoms with Gasteiger partial charge in [-0.2, -0.15) is 0 Å². The van der Waals surface area contributed by atoms with Crippen LogP contribution in [0.2, 0.25) is 0 Å². The molecule has 0 spiro atoms. The number of ketones is 1. The smallest absolute Gasteiger partial charge is 0.222 e. The maximum absolute atomic E-state index is 12.5. The Morgan fingerprint density at radius 1 is 1.28 bits per heavy atom. The number of hydrogen-bond donors (Lipinski definition) is 1. The lowest BCUT2D eigenvalue weighted by molar-refractivity contribution is 0.0962. The molecule has 1 aliphatic carbocycles. The van der Waals surface area contributed by atoms with Crippen molar-refractivity contribution in [3.8, 4) is 0 Å². The fraction of sp³-hybridized carbons (Fsp3) is 0.450. The molecule has 1 fully saturated rings. The third kappa shape index (κ3) is 3.42. The third-order valence-corrected chi connectivity index (χ3v) is 5.18. The predicted octanol–water partition coefficient (Wildman–Crippen LogP) is 3.29. The molecule has 130 valence electrons. The fourth-order valence-electron chi connectivity index (χ4n) is 3.81. The summed E-state index contributed by atoms with van der Waals surface area (Å²) in [5, 5.41) is 3.26. The van der Waals surface area contributed by atoms with Crippen molar-refractivity contribution >= 4 is 11.7 Å². The Kier molecular flexibility index (Phi) is 4.49. The molecule has 2 atom stereocenters. The molecule has 1 aromatic heterocycles. The molecule has 25 heavy (non-hydrogen) atoms. The first kappa shape index (κ1) is 16.2. The summed E-state index contributed by atoms with van der Waals surface area (Å²) >= 11 is 0. The van der Waals surface area contributed by atoms with Crippen molar-refractivity contribution in [3.63, 3.8) is 0 Å². The van der Waals surface area contributed by atoms with Crippen molar-refractivity contribution in [2.75, 3.05) is 18.5 Å². The van der Waals surface area contributed by atoms with Crippen LogP contribution in [-0.2, 0) is 11.2 Å². The quantitative estimate of drug-likeness (QED) is 0.927. The van der Waals surface area contributed by atoms with Crippen molar-refractivity contribution in [1.82, 2.24) is 9.97 Å². The van der Waals surface area contributed by atoms with E-state index in [-0.39, 0.29) is 17.8 Å². The van der Waals surface area contributed by atoms with E-state index >= 15 is 0 Å². The zero-order valence-corrected chi connectivity index (χ0v) is 14.5. The van der Waals surface area contributed by atoms with Crippen molar-refractivity contribution in [2.24, 2.45) is 0 Å². The van der Waals surface area contributed by atoms with Crippen LogP contribution in [0.4, 0.5) is 5.95 Å². The Labute approximate surface area is 147 Å². The Morgan fingerprint density at radius 2 is 2.16 bits per heavy atom. The molecule has 1 saturated heterocycles. The molecule has 0 amide bonds. The third-order valence-electron chi connectivity index (χ3n) is 5.18. The molecule has 4 rings (SSSR count). The van der Waals surface area contributed by atoms with Crippen LogP contribution in [-0.4, -0.2) is 35.0 Å². The number of aryl methyl sites for hydroxylation is 1. The molecule has 1 aliphatic heterocycles. The zero-order chi connectivity index (χ0) is 17.2. The standard InChI is InChI=1S/C20H23N3O2/c1-13-5-2-3-7-16(13)14-9-18-17(19(24)10-14)12-22-20(23-18)21-11-15-6-4-8-25-15/h2-3,5,7,12,14-15H,4,6,8-11H2,1H3,(H,21,22,23)/t14-,15+/m0/s1. The van der Waals surface area contributed by atoms with Gasteiger partial charge in [0.15, 0.2) is 5.78 Å². The molecule has 1 N–H and O–H groups in total. The average Bonchev–Trinajstić information content (AvgIpc) is 3.13. The van der Waals surface area contributed by atoms with Gasteiger partial charge in [0.05, 0.1) is 17.4 Å². The maximum atomic E-state index is 12.5. The lowest BCUT2D eigenvalue weighted by atomic mass is 9.81. The second-order valence-corrected chi connectivity index (χ2v) is 6.95. The van der Waals surface area contributed by atoms with Crippen molar-refractivity contribution in [2.45, 2.75) is 44.6 Å². The number of carbonyl (C=O) groups is 1. The van der Waals surface area contributed by atoms with Crippen LogP contribution in [0.5, 0.6) is 0 Å². The number of rotatable bonds is 4. The van der Waals surface area contributed by atoms with E-state index in [9.17, 15) is 4.79 Å². The number of Topliss-reactive ketones (excluding diaryl/α,β-unsaturated/α-hetero) is 1. The van der Waals surface area contributed by atoms with E-state index in [1.165, 1.54) is 11.1 Å². The van der Waals surface area contributed by atoms with Gasteiger partial charge in [-0.1, -0.05) is 24.3 Å². The van der Waals surface area contributed by atoms with Gasteiger partial charge in [-0.15, -0.1) is 0 Å². The van der Waals surface area contributed by atoms with Crippen LogP contribution >= 0.6 is 0 Å². The van der Waals surface area contributed by atoms with Crippen molar-refractivity contribution in [3.05, 3.63) is 52.8 Å². The zero-order valence-electron chi connectivity index (χ0n) is 14.5. The maximum Gasteiger partial charge on any atom is 0.222 e. The highest BCUT2D eigenvalue weighted by atomic mass is 16.5. The first-order valence-electron chi connectivity index (χ1n) is 9.01. The lowest BCUT2D eigenvalue weighted by Gasteiger charge is -2.24. The van der Waals surface area contributed by atoms with Crippen molar-refractivity contribution < 1.29 is 9.53 Å². The molecule has 0 unspecified atom stereocenters. The summed E-state index contributed by atoms with van der Waals surface area (Å²) in [4.78, 5) is 21.5. The van der Waals surface area contributed by atoms with Crippen LogP contribution < -0.4 is 5.32 Å². The van der Waals surface area contributed by atoms with Crippen LogP contribution in [0.25, 0.3) is 0 Å². The summed E-state index contributed by atoms with van der Waals surface area (Å²) in [7, 11) is 0. The van der Waals surface area contributed by atoms with Gasteiger partial charge in [0, 0.05) is 25.8 Å². The topological polar surface area (TPSA) is 64.1 Å². The van der Waals surface area contributed by atoms with E-state index in [2.05, 4.69) is 34.3 Å². The Bertz CT molecular complexity index is 784. The number of hydrogen-bond acceptors (Lipinski definition) is 5. The summed E-state index contributed by atoms with van der Waals surface area (Å²) in [6.07, 6.45) is 5.42. The highest BCUT2D eigenvalue weighted by Crippen LogP contribution is 2.33. The number of nitrogens with zero attached hydrogens (tertiary/aromatic N) is 2.